The molecule has 3 aromatic rings. The summed E-state index contributed by atoms with van der Waals surface area (Å²) in [6.07, 6.45) is 5.74. The molecule has 1 aliphatic rings. The number of ether oxygens (including phenoxy) is 2. The molecular formula is C32H42N4O4S. The van der Waals surface area contributed by atoms with E-state index in [2.05, 4.69) is 25.8 Å². The number of methoxy groups -OCH3 is 1. The molecule has 2 aromatic heterocycles. The number of hydrogen-bond acceptors (Lipinski definition) is 7. The number of benzene rings is 1. The number of unbranched alkanes of at least 4 members (excludes halogenated alkanes) is 2. The van der Waals surface area contributed by atoms with Crippen LogP contribution in [0.5, 0.6) is 11.5 Å². The predicted molar refractivity (Wildman–Crippen MR) is 164 cm³/mol. The molecule has 0 radical (unpaired) electrons. The van der Waals surface area contributed by atoms with Crippen molar-refractivity contribution in [1.82, 2.24) is 14.9 Å². The number of carbonyl (C=O) groups excluding carboxylic acids is 2. The van der Waals surface area contributed by atoms with Crippen LogP contribution in [-0.4, -0.2) is 53.5 Å². The first kappa shape index (κ1) is 30.5. The minimum Gasteiger partial charge on any atom is -0.496 e. The summed E-state index contributed by atoms with van der Waals surface area (Å²) in [5.74, 6) is 0.914. The molecule has 1 saturated carbocycles. The molecule has 2 amide bonds. The number of amides is 2. The Morgan fingerprint density at radius 2 is 2.00 bits per heavy atom. The SMILES string of the molecule is C=CCCCCN(C)C(=O)[C@@H]1C[C@H](Oc2cc(-c3nc(C(C)C)cs3)nc3c(C)c(OC)ccc23)C[C@H]1CC(N)=O. The molecule has 0 aliphatic heterocycles. The number of nitrogens with zero attached hydrogens (tertiary/aromatic N) is 3. The number of thiazole rings is 1. The van der Waals surface area contributed by atoms with Gasteiger partial charge in [0.1, 0.15) is 22.2 Å². The lowest BCUT2D eigenvalue weighted by atomic mass is 9.91. The van der Waals surface area contributed by atoms with E-state index >= 15 is 0 Å². The summed E-state index contributed by atoms with van der Waals surface area (Å²) >= 11 is 1.56. The number of primary amides is 1. The van der Waals surface area contributed by atoms with Crippen molar-refractivity contribution in [3.8, 4) is 22.2 Å². The first-order valence-electron chi connectivity index (χ1n) is 14.4. The van der Waals surface area contributed by atoms with Gasteiger partial charge in [-0.15, -0.1) is 17.9 Å². The van der Waals surface area contributed by atoms with Gasteiger partial charge in [0.2, 0.25) is 11.8 Å². The highest BCUT2D eigenvalue weighted by Crippen LogP contribution is 2.41. The molecule has 220 valence electrons. The lowest BCUT2D eigenvalue weighted by Gasteiger charge is -2.24. The quantitative estimate of drug-likeness (QED) is 0.189. The summed E-state index contributed by atoms with van der Waals surface area (Å²) in [6, 6.07) is 5.83. The molecule has 0 spiro atoms. The third-order valence-electron chi connectivity index (χ3n) is 7.95. The standard InChI is InChI=1S/C32H42N4O4S/c1-7-8-9-10-13-36(5)32(38)24-16-22(14-21(24)15-29(33)37)40-28-17-25(31-35-26(18-41-31)19(2)3)34-30-20(4)27(39-6)12-11-23(28)30/h7,11-12,17-19,21-22,24H,1,8-10,13-16H2,2-6H3,(H2,33,37)/t21-,22+,24+/m0/s1. The summed E-state index contributed by atoms with van der Waals surface area (Å²) in [6.45, 7) is 10.7. The lowest BCUT2D eigenvalue weighted by Crippen LogP contribution is -2.36. The molecule has 1 aromatic carbocycles. The van der Waals surface area contributed by atoms with Gasteiger partial charge in [-0.25, -0.2) is 9.97 Å². The average Bonchev–Trinajstić information content (AvgIpc) is 3.58. The summed E-state index contributed by atoms with van der Waals surface area (Å²) < 4.78 is 12.3. The van der Waals surface area contributed by atoms with Crippen LogP contribution in [0.2, 0.25) is 0 Å². The maximum atomic E-state index is 13.5. The molecule has 41 heavy (non-hydrogen) atoms. The molecule has 3 atom stereocenters. The number of allylic oxidation sites excluding steroid dienone is 1. The molecule has 2 N–H and O–H groups in total. The Morgan fingerprint density at radius 1 is 1.22 bits per heavy atom. The molecule has 1 aliphatic carbocycles. The van der Waals surface area contributed by atoms with Crippen molar-refractivity contribution in [2.24, 2.45) is 17.6 Å². The molecule has 4 rings (SSSR count). The Morgan fingerprint density at radius 3 is 2.66 bits per heavy atom. The molecular weight excluding hydrogens is 536 g/mol. The zero-order chi connectivity index (χ0) is 29.7. The number of nitrogens with two attached hydrogens (primary N) is 1. The number of pyridine rings is 1. The Bertz CT molecular complexity index is 1400. The van der Waals surface area contributed by atoms with Gasteiger partial charge in [0.25, 0.3) is 0 Å². The van der Waals surface area contributed by atoms with Crippen molar-refractivity contribution in [1.29, 1.82) is 0 Å². The van der Waals surface area contributed by atoms with Crippen LogP contribution in [-0.2, 0) is 9.59 Å². The minimum absolute atomic E-state index is 0.0470. The van der Waals surface area contributed by atoms with Crippen LogP contribution >= 0.6 is 11.3 Å². The van der Waals surface area contributed by atoms with E-state index in [9.17, 15) is 9.59 Å². The second kappa shape index (κ2) is 13.5. The predicted octanol–water partition coefficient (Wildman–Crippen LogP) is 6.26. The van der Waals surface area contributed by atoms with Crippen LogP contribution < -0.4 is 15.2 Å². The van der Waals surface area contributed by atoms with E-state index in [1.54, 1.807) is 23.3 Å². The van der Waals surface area contributed by atoms with Gasteiger partial charge in [-0.2, -0.15) is 0 Å². The largest absolute Gasteiger partial charge is 0.496 e. The van der Waals surface area contributed by atoms with Crippen molar-refractivity contribution in [2.75, 3.05) is 20.7 Å². The third-order valence-corrected chi connectivity index (χ3v) is 8.84. The zero-order valence-electron chi connectivity index (χ0n) is 24.8. The summed E-state index contributed by atoms with van der Waals surface area (Å²) in [7, 11) is 3.49. The Kier molecular flexibility index (Phi) is 10.0. The fraction of sp³-hybridized carbons (Fsp3) is 0.500. The molecule has 9 heteroatoms. The average molecular weight is 579 g/mol. The minimum atomic E-state index is -0.397. The zero-order valence-corrected chi connectivity index (χ0v) is 25.6. The lowest BCUT2D eigenvalue weighted by molar-refractivity contribution is -0.135. The number of aryl methyl sites for hydroxylation is 1. The van der Waals surface area contributed by atoms with Gasteiger partial charge >= 0.3 is 0 Å². The number of aromatic nitrogens is 2. The molecule has 2 heterocycles. The smallest absolute Gasteiger partial charge is 0.225 e. The number of carbonyl (C=O) groups is 2. The van der Waals surface area contributed by atoms with Crippen molar-refractivity contribution in [2.45, 2.75) is 71.3 Å². The molecule has 0 bridgehead atoms. The van der Waals surface area contributed by atoms with Gasteiger partial charge in [0, 0.05) is 48.3 Å². The van der Waals surface area contributed by atoms with E-state index in [1.807, 2.05) is 38.2 Å². The molecule has 0 unspecified atom stereocenters. The van der Waals surface area contributed by atoms with E-state index in [0.717, 1.165) is 57.9 Å². The van der Waals surface area contributed by atoms with E-state index in [1.165, 1.54) is 0 Å². The summed E-state index contributed by atoms with van der Waals surface area (Å²) in [4.78, 5) is 37.0. The van der Waals surface area contributed by atoms with Gasteiger partial charge in [0.15, 0.2) is 0 Å². The third kappa shape index (κ3) is 7.07. The highest BCUT2D eigenvalue weighted by Gasteiger charge is 2.41. The second-order valence-corrected chi connectivity index (χ2v) is 12.2. The Balaban J connectivity index is 1.64. The maximum absolute atomic E-state index is 13.5. The fourth-order valence-electron chi connectivity index (χ4n) is 5.64. The number of hydrogen-bond donors (Lipinski definition) is 1. The van der Waals surface area contributed by atoms with Crippen LogP contribution in [0, 0.1) is 18.8 Å². The summed E-state index contributed by atoms with van der Waals surface area (Å²) in [5.41, 5.74) is 9.08. The van der Waals surface area contributed by atoms with Crippen molar-refractivity contribution < 1.29 is 19.1 Å². The van der Waals surface area contributed by atoms with Crippen LogP contribution in [0.15, 0.2) is 36.2 Å². The van der Waals surface area contributed by atoms with Crippen molar-refractivity contribution in [3.63, 3.8) is 0 Å². The van der Waals surface area contributed by atoms with Gasteiger partial charge in [-0.3, -0.25) is 9.59 Å². The molecule has 1 fully saturated rings. The van der Waals surface area contributed by atoms with Crippen LogP contribution in [0.25, 0.3) is 21.6 Å². The van der Waals surface area contributed by atoms with E-state index < -0.39 is 5.91 Å². The van der Waals surface area contributed by atoms with Gasteiger partial charge in [-0.1, -0.05) is 19.9 Å². The normalized spacial score (nSPS) is 18.5. The first-order chi connectivity index (χ1) is 19.6. The topological polar surface area (TPSA) is 108 Å². The van der Waals surface area contributed by atoms with Gasteiger partial charge in [0.05, 0.1) is 24.4 Å². The highest BCUT2D eigenvalue weighted by atomic mass is 32.1. The highest BCUT2D eigenvalue weighted by molar-refractivity contribution is 7.13. The Hall–Kier alpha value is -3.46. The van der Waals surface area contributed by atoms with Crippen LogP contribution in [0.3, 0.4) is 0 Å². The molecule has 0 saturated heterocycles. The number of fused-ring (bicyclic) bond motifs is 1. The van der Waals surface area contributed by atoms with Crippen molar-refractivity contribution in [3.05, 3.63) is 47.5 Å². The van der Waals surface area contributed by atoms with Gasteiger partial charge in [-0.05, 0) is 63.0 Å². The van der Waals surface area contributed by atoms with E-state index in [-0.39, 0.29) is 30.3 Å². The number of rotatable bonds is 13. The first-order valence-corrected chi connectivity index (χ1v) is 15.3. The maximum Gasteiger partial charge on any atom is 0.225 e. The van der Waals surface area contributed by atoms with Crippen molar-refractivity contribution >= 4 is 34.1 Å². The van der Waals surface area contributed by atoms with E-state index in [4.69, 9.17) is 25.2 Å². The van der Waals surface area contributed by atoms with Crippen LogP contribution in [0.1, 0.15) is 69.5 Å². The Labute approximate surface area is 247 Å². The fourth-order valence-corrected chi connectivity index (χ4v) is 6.58. The van der Waals surface area contributed by atoms with Gasteiger partial charge < -0.3 is 20.1 Å². The van der Waals surface area contributed by atoms with Crippen LogP contribution in [0.4, 0.5) is 0 Å². The second-order valence-electron chi connectivity index (χ2n) is 11.3. The van der Waals surface area contributed by atoms with E-state index in [0.29, 0.717) is 31.1 Å². The molecule has 8 nitrogen and oxygen atoms in total. The monoisotopic (exact) mass is 578 g/mol. The summed E-state index contributed by atoms with van der Waals surface area (Å²) in [5, 5.41) is 3.76.